The lowest BCUT2D eigenvalue weighted by atomic mass is 9.67. The summed E-state index contributed by atoms with van der Waals surface area (Å²) in [5, 5.41) is 1.38. The van der Waals surface area contributed by atoms with Gasteiger partial charge in [-0.25, -0.2) is 0 Å². The second-order valence-electron chi connectivity index (χ2n) is 18.4. The van der Waals surface area contributed by atoms with E-state index in [2.05, 4.69) is 248 Å². The van der Waals surface area contributed by atoms with Crippen molar-refractivity contribution in [3.05, 3.63) is 281 Å². The van der Waals surface area contributed by atoms with Crippen LogP contribution in [0.1, 0.15) is 85.4 Å². The second kappa shape index (κ2) is 17.6. The number of benzene rings is 5. The summed E-state index contributed by atoms with van der Waals surface area (Å²) in [4.78, 5) is 4.89. The standard InChI is InChI=1S/C64H57N3/c1-5-20-60-47(6-2)23-10-7-9-22-46(4)65(60)50-37-39-52(40-38-50)66(53-41-43-54(44-42-53)67-61-31-18-15-28-57(61)63-45(3)21-19-32-62(63)67)51-35-33-49(34-36-51)64(48-24-11-8-12-25-48)58-29-16-13-26-55(58)56-27-14-17-30-59(56)64/h5-20,22,24-39,41,43,45,52H,2,4,21,23,40,42,44H2,1,3H3/b10-7-,20-5-,22-9-,60-47-. The summed E-state index contributed by atoms with van der Waals surface area (Å²) < 4.78 is 2.54. The molecule has 5 aromatic carbocycles. The molecule has 2 heterocycles. The molecule has 11 rings (SSSR count). The molecule has 2 atom stereocenters. The van der Waals surface area contributed by atoms with Gasteiger partial charge in [0.1, 0.15) is 0 Å². The van der Waals surface area contributed by atoms with Crippen LogP contribution >= 0.6 is 0 Å². The third-order valence-corrected chi connectivity index (χ3v) is 14.6. The Balaban J connectivity index is 1.02. The fraction of sp³-hybridized carbons (Fsp3) is 0.156. The van der Waals surface area contributed by atoms with Crippen LogP contribution in [0.4, 0.5) is 5.69 Å². The summed E-state index contributed by atoms with van der Waals surface area (Å²) in [6.07, 6.45) is 35.9. The van der Waals surface area contributed by atoms with Gasteiger partial charge in [-0.3, -0.25) is 0 Å². The first-order chi connectivity index (χ1) is 33.0. The van der Waals surface area contributed by atoms with Crippen molar-refractivity contribution in [3.8, 4) is 11.1 Å². The number of rotatable bonds is 9. The van der Waals surface area contributed by atoms with Crippen molar-refractivity contribution in [1.29, 1.82) is 0 Å². The maximum atomic E-state index is 4.56. The van der Waals surface area contributed by atoms with E-state index in [1.54, 1.807) is 0 Å². The molecule has 328 valence electrons. The molecule has 1 aromatic heterocycles. The van der Waals surface area contributed by atoms with Gasteiger partial charge in [0.25, 0.3) is 0 Å². The number of allylic oxidation sites excluding steroid dienone is 14. The van der Waals surface area contributed by atoms with E-state index >= 15 is 0 Å². The van der Waals surface area contributed by atoms with E-state index in [0.29, 0.717) is 5.92 Å². The zero-order valence-corrected chi connectivity index (χ0v) is 38.7. The maximum absolute atomic E-state index is 4.56. The molecule has 2 unspecified atom stereocenters. The van der Waals surface area contributed by atoms with E-state index in [1.165, 1.54) is 72.6 Å². The van der Waals surface area contributed by atoms with Gasteiger partial charge in [0.15, 0.2) is 0 Å². The SMILES string of the molecule is C=C/C1=C(\C=C/C)N(C2=CCC(N(C3=CC=C(n4c5c(c6ccccc64)C(C)CC=C5)CC3)c3ccc(C4(c5ccccc5)c5ccccc5-c5ccccc54)cc3)C=C2)C(=C)/C=C\C=C/C1. The summed E-state index contributed by atoms with van der Waals surface area (Å²) in [5.41, 5.74) is 19.6. The highest BCUT2D eigenvalue weighted by Gasteiger charge is 2.46. The normalized spacial score (nSPS) is 21.6. The molecule has 0 saturated carbocycles. The minimum atomic E-state index is -0.452. The van der Waals surface area contributed by atoms with Gasteiger partial charge in [-0.15, -0.1) is 0 Å². The van der Waals surface area contributed by atoms with Gasteiger partial charge in [-0.05, 0) is 144 Å². The van der Waals surface area contributed by atoms with E-state index in [0.717, 1.165) is 54.8 Å². The summed E-state index contributed by atoms with van der Waals surface area (Å²) in [5.74, 6) is 0.490. The minimum Gasteiger partial charge on any atom is -0.338 e. The number of para-hydroxylation sites is 1. The van der Waals surface area contributed by atoms with Crippen molar-refractivity contribution in [3.63, 3.8) is 0 Å². The van der Waals surface area contributed by atoms with E-state index in [1.807, 2.05) is 6.08 Å². The predicted molar refractivity (Wildman–Crippen MR) is 283 cm³/mol. The van der Waals surface area contributed by atoms with E-state index in [9.17, 15) is 0 Å². The lowest BCUT2D eigenvalue weighted by molar-refractivity contribution is 0.560. The number of anilines is 1. The van der Waals surface area contributed by atoms with Crippen LogP contribution in [-0.4, -0.2) is 15.5 Å². The van der Waals surface area contributed by atoms with Gasteiger partial charge < -0.3 is 14.4 Å². The summed E-state index contributed by atoms with van der Waals surface area (Å²) in [7, 11) is 0. The van der Waals surface area contributed by atoms with Crippen LogP contribution in [0.5, 0.6) is 0 Å². The van der Waals surface area contributed by atoms with Gasteiger partial charge >= 0.3 is 0 Å². The summed E-state index contributed by atoms with van der Waals surface area (Å²) in [6.45, 7) is 13.2. The number of hydrogen-bond donors (Lipinski definition) is 0. The summed E-state index contributed by atoms with van der Waals surface area (Å²) >= 11 is 0. The van der Waals surface area contributed by atoms with Gasteiger partial charge in [0.2, 0.25) is 0 Å². The number of aromatic nitrogens is 1. The highest BCUT2D eigenvalue weighted by atomic mass is 15.2. The molecule has 3 nitrogen and oxygen atoms in total. The molecule has 3 heteroatoms. The van der Waals surface area contributed by atoms with Crippen LogP contribution < -0.4 is 4.90 Å². The Bertz CT molecular complexity index is 3180. The molecule has 67 heavy (non-hydrogen) atoms. The maximum Gasteiger partial charge on any atom is 0.0713 e. The van der Waals surface area contributed by atoms with Crippen LogP contribution in [0.15, 0.2) is 248 Å². The van der Waals surface area contributed by atoms with Gasteiger partial charge in [-0.2, -0.15) is 0 Å². The molecule has 0 N–H and O–H groups in total. The Kier molecular flexibility index (Phi) is 11.1. The third kappa shape index (κ3) is 7.04. The second-order valence-corrected chi connectivity index (χ2v) is 18.4. The smallest absolute Gasteiger partial charge is 0.0713 e. The molecular formula is C64H57N3. The van der Waals surface area contributed by atoms with Crippen LogP contribution in [-0.2, 0) is 5.41 Å². The van der Waals surface area contributed by atoms with E-state index < -0.39 is 5.41 Å². The first-order valence-electron chi connectivity index (χ1n) is 24.0. The average molecular weight is 868 g/mol. The quantitative estimate of drug-likeness (QED) is 0.143. The van der Waals surface area contributed by atoms with Crippen LogP contribution in [0.3, 0.4) is 0 Å². The van der Waals surface area contributed by atoms with Crippen molar-refractivity contribution in [2.75, 3.05) is 4.90 Å². The van der Waals surface area contributed by atoms with Crippen molar-refractivity contribution >= 4 is 28.4 Å². The molecular weight excluding hydrogens is 811 g/mol. The molecule has 6 aromatic rings. The van der Waals surface area contributed by atoms with Gasteiger partial charge in [0, 0.05) is 45.3 Å². The Morgan fingerprint density at radius 1 is 0.716 bits per heavy atom. The molecule has 5 aliphatic rings. The fourth-order valence-electron chi connectivity index (χ4n) is 11.6. The average Bonchev–Trinajstić information content (AvgIpc) is 3.90. The molecule has 1 aliphatic heterocycles. The third-order valence-electron chi connectivity index (χ3n) is 14.6. The first kappa shape index (κ1) is 42.0. The van der Waals surface area contributed by atoms with Gasteiger partial charge in [0.05, 0.1) is 17.0 Å². The molecule has 0 spiro atoms. The van der Waals surface area contributed by atoms with Crippen LogP contribution in [0, 0.1) is 0 Å². The minimum absolute atomic E-state index is 0.0896. The Labute approximate surface area is 396 Å². The molecule has 0 fully saturated rings. The highest BCUT2D eigenvalue weighted by molar-refractivity contribution is 5.93. The number of fused-ring (bicyclic) bond motifs is 6. The van der Waals surface area contributed by atoms with Crippen molar-refractivity contribution in [2.24, 2.45) is 0 Å². The lowest BCUT2D eigenvalue weighted by Crippen LogP contribution is -2.35. The lowest BCUT2D eigenvalue weighted by Gasteiger charge is -2.38. The number of hydrogen-bond acceptors (Lipinski definition) is 2. The van der Waals surface area contributed by atoms with E-state index in [-0.39, 0.29) is 6.04 Å². The monoisotopic (exact) mass is 867 g/mol. The number of nitrogens with zero attached hydrogens (tertiary/aromatic N) is 3. The molecule has 4 aliphatic carbocycles. The zero-order chi connectivity index (χ0) is 45.5. The van der Waals surface area contributed by atoms with Crippen molar-refractivity contribution in [2.45, 2.75) is 63.3 Å². The largest absolute Gasteiger partial charge is 0.338 e. The topological polar surface area (TPSA) is 11.4 Å². The highest BCUT2D eigenvalue weighted by Crippen LogP contribution is 2.56. The Morgan fingerprint density at radius 3 is 2.13 bits per heavy atom. The molecule has 0 saturated heterocycles. The molecule has 0 bridgehead atoms. The van der Waals surface area contributed by atoms with Crippen molar-refractivity contribution < 1.29 is 0 Å². The predicted octanol–water partition coefficient (Wildman–Crippen LogP) is 16.1. The zero-order valence-electron chi connectivity index (χ0n) is 38.7. The van der Waals surface area contributed by atoms with Crippen LogP contribution in [0.2, 0.25) is 0 Å². The summed E-state index contributed by atoms with van der Waals surface area (Å²) in [6, 6.07) is 47.7. The van der Waals surface area contributed by atoms with Crippen molar-refractivity contribution in [1.82, 2.24) is 9.47 Å². The van der Waals surface area contributed by atoms with Gasteiger partial charge in [-0.1, -0.05) is 178 Å². The Hall–Kier alpha value is -7.62. The van der Waals surface area contributed by atoms with Crippen LogP contribution in [0.25, 0.3) is 33.8 Å². The van der Waals surface area contributed by atoms with E-state index in [4.69, 9.17) is 0 Å². The Morgan fingerprint density at radius 2 is 1.43 bits per heavy atom. The fourth-order valence-corrected chi connectivity index (χ4v) is 11.6. The molecule has 0 amide bonds. The first-order valence-corrected chi connectivity index (χ1v) is 24.0. The molecule has 0 radical (unpaired) electrons.